The lowest BCUT2D eigenvalue weighted by atomic mass is 10.3. The molecule has 1 fully saturated rings. The number of hydrogen-bond donors (Lipinski definition) is 0. The van der Waals surface area contributed by atoms with E-state index in [1.165, 1.54) is 11.8 Å². The fourth-order valence-electron chi connectivity index (χ4n) is 2.99. The van der Waals surface area contributed by atoms with Gasteiger partial charge in [-0.1, -0.05) is 29.0 Å². The first-order chi connectivity index (χ1) is 14.6. The van der Waals surface area contributed by atoms with Gasteiger partial charge < -0.3 is 9.74 Å². The zero-order chi connectivity index (χ0) is 22.8. The summed E-state index contributed by atoms with van der Waals surface area (Å²) >= 11 is 11.8. The number of oxime groups is 1. The predicted octanol–water partition coefficient (Wildman–Crippen LogP) is 3.15. The SMILES string of the molecule is CCN(C(=S)/C(CS(=O)(=O)CC1CC1(F)F)=N\OC)c1cn(-c2cccnc2)nc1Cl. The predicted molar refractivity (Wildman–Crippen MR) is 118 cm³/mol. The van der Waals surface area contributed by atoms with Crippen LogP contribution in [0, 0.1) is 5.92 Å². The molecular formula is C18H20ClF2N5O3S2. The minimum absolute atomic E-state index is 0.0446. The third-order valence-corrected chi connectivity index (χ3v) is 6.98. The molecule has 1 unspecified atom stereocenters. The number of halogens is 3. The zero-order valence-corrected chi connectivity index (χ0v) is 19.1. The Morgan fingerprint density at radius 3 is 2.77 bits per heavy atom. The molecule has 2 aromatic heterocycles. The Hall–Kier alpha value is -2.18. The standard InChI is InChI=1S/C18H20ClF2N5O3S2/c1-3-25(15-9-26(23-16(15)19)13-5-4-6-22-8-13)17(30)14(24-29-2)11-31(27,28)10-12-7-18(12,20)21/h4-6,8-9,12H,3,7,10-11H2,1-2H3/b24-14-. The summed E-state index contributed by atoms with van der Waals surface area (Å²) in [4.78, 5) is 10.4. The summed E-state index contributed by atoms with van der Waals surface area (Å²) in [7, 11) is -2.65. The van der Waals surface area contributed by atoms with E-state index in [1.807, 2.05) is 0 Å². The van der Waals surface area contributed by atoms with E-state index in [-0.39, 0.29) is 15.9 Å². The highest BCUT2D eigenvalue weighted by Gasteiger charge is 2.58. The Labute approximate surface area is 188 Å². The van der Waals surface area contributed by atoms with Crippen molar-refractivity contribution in [2.24, 2.45) is 11.1 Å². The Morgan fingerprint density at radius 1 is 1.52 bits per heavy atom. The molecule has 0 aliphatic heterocycles. The van der Waals surface area contributed by atoms with Crippen molar-refractivity contribution in [2.45, 2.75) is 19.3 Å². The van der Waals surface area contributed by atoms with Gasteiger partial charge in [0, 0.05) is 25.1 Å². The maximum atomic E-state index is 13.2. The van der Waals surface area contributed by atoms with Gasteiger partial charge in [0.2, 0.25) is 0 Å². The fourth-order valence-corrected chi connectivity index (χ4v) is 5.35. The Morgan fingerprint density at radius 2 is 2.23 bits per heavy atom. The lowest BCUT2D eigenvalue weighted by Crippen LogP contribution is -2.39. The lowest BCUT2D eigenvalue weighted by molar-refractivity contribution is 0.103. The molecule has 3 rings (SSSR count). The molecule has 0 spiro atoms. The highest BCUT2D eigenvalue weighted by atomic mass is 35.5. The molecule has 168 valence electrons. The van der Waals surface area contributed by atoms with E-state index in [2.05, 4.69) is 15.2 Å². The van der Waals surface area contributed by atoms with Crippen LogP contribution in [0.3, 0.4) is 0 Å². The van der Waals surface area contributed by atoms with E-state index in [4.69, 9.17) is 28.7 Å². The summed E-state index contributed by atoms with van der Waals surface area (Å²) < 4.78 is 52.8. The highest BCUT2D eigenvalue weighted by molar-refractivity contribution is 7.92. The minimum Gasteiger partial charge on any atom is -0.399 e. The van der Waals surface area contributed by atoms with Crippen LogP contribution < -0.4 is 4.90 Å². The topological polar surface area (TPSA) is 89.7 Å². The van der Waals surface area contributed by atoms with E-state index in [9.17, 15) is 17.2 Å². The van der Waals surface area contributed by atoms with Gasteiger partial charge in [-0.05, 0) is 19.1 Å². The molecule has 0 radical (unpaired) electrons. The molecule has 1 aliphatic carbocycles. The molecule has 13 heteroatoms. The van der Waals surface area contributed by atoms with Crippen LogP contribution in [-0.2, 0) is 14.7 Å². The summed E-state index contributed by atoms with van der Waals surface area (Å²) in [6.07, 6.45) is 4.41. The molecule has 2 heterocycles. The molecule has 0 bridgehead atoms. The minimum atomic E-state index is -3.89. The molecule has 1 saturated carbocycles. The van der Waals surface area contributed by atoms with E-state index in [0.29, 0.717) is 17.9 Å². The van der Waals surface area contributed by atoms with Gasteiger partial charge in [-0.25, -0.2) is 21.9 Å². The maximum Gasteiger partial charge on any atom is 0.252 e. The van der Waals surface area contributed by atoms with Gasteiger partial charge in [-0.15, -0.1) is 0 Å². The van der Waals surface area contributed by atoms with Gasteiger partial charge in [-0.3, -0.25) is 4.98 Å². The van der Waals surface area contributed by atoms with Crippen molar-refractivity contribution in [2.75, 3.05) is 30.1 Å². The number of anilines is 1. The summed E-state index contributed by atoms with van der Waals surface area (Å²) in [6.45, 7) is 2.11. The molecule has 0 aromatic carbocycles. The molecule has 0 saturated heterocycles. The summed E-state index contributed by atoms with van der Waals surface area (Å²) in [5.74, 6) is -5.38. The smallest absolute Gasteiger partial charge is 0.252 e. The number of pyridine rings is 1. The van der Waals surface area contributed by atoms with Crippen LogP contribution in [0.4, 0.5) is 14.5 Å². The van der Waals surface area contributed by atoms with Gasteiger partial charge in [0.05, 0.1) is 29.6 Å². The van der Waals surface area contributed by atoms with Gasteiger partial charge in [0.1, 0.15) is 23.5 Å². The van der Waals surface area contributed by atoms with Crippen molar-refractivity contribution < 1.29 is 22.0 Å². The second-order valence-electron chi connectivity index (χ2n) is 6.95. The van der Waals surface area contributed by atoms with Crippen molar-refractivity contribution in [1.82, 2.24) is 14.8 Å². The van der Waals surface area contributed by atoms with Crippen LogP contribution in [0.5, 0.6) is 0 Å². The normalized spacial score (nSPS) is 18.0. The zero-order valence-electron chi connectivity index (χ0n) is 16.7. The fraction of sp³-hybridized carbons (Fsp3) is 0.444. The number of alkyl halides is 2. The van der Waals surface area contributed by atoms with Crippen LogP contribution in [0.1, 0.15) is 13.3 Å². The van der Waals surface area contributed by atoms with Crippen molar-refractivity contribution in [3.8, 4) is 5.69 Å². The summed E-state index contributed by atoms with van der Waals surface area (Å²) in [6, 6.07) is 3.52. The number of sulfone groups is 1. The molecular weight excluding hydrogens is 472 g/mol. The first kappa shape index (κ1) is 23.5. The Bertz CT molecular complexity index is 1090. The number of rotatable bonds is 9. The van der Waals surface area contributed by atoms with Crippen molar-refractivity contribution in [3.63, 3.8) is 0 Å². The summed E-state index contributed by atoms with van der Waals surface area (Å²) in [5, 5.41) is 8.12. The van der Waals surface area contributed by atoms with E-state index in [0.717, 1.165) is 0 Å². The van der Waals surface area contributed by atoms with Gasteiger partial charge in [-0.2, -0.15) is 5.10 Å². The number of aromatic nitrogens is 3. The van der Waals surface area contributed by atoms with Crippen molar-refractivity contribution in [3.05, 3.63) is 35.9 Å². The average Bonchev–Trinajstić information content (AvgIpc) is 3.11. The largest absolute Gasteiger partial charge is 0.399 e. The van der Waals surface area contributed by atoms with Gasteiger partial charge >= 0.3 is 0 Å². The molecule has 0 N–H and O–H groups in total. The molecule has 1 atom stereocenters. The third kappa shape index (κ3) is 5.55. The Balaban J connectivity index is 1.84. The maximum absolute atomic E-state index is 13.2. The quantitative estimate of drug-likeness (QED) is 0.302. The van der Waals surface area contributed by atoms with Crippen LogP contribution >= 0.6 is 23.8 Å². The van der Waals surface area contributed by atoms with Gasteiger partial charge in [0.25, 0.3) is 5.92 Å². The Kier molecular flexibility index (Phi) is 6.92. The van der Waals surface area contributed by atoms with Crippen LogP contribution in [-0.4, -0.2) is 65.0 Å². The molecule has 1 aliphatic rings. The summed E-state index contributed by atoms with van der Waals surface area (Å²) in [5.41, 5.74) is 1.01. The number of thiocarbonyl (C=S) groups is 1. The third-order valence-electron chi connectivity index (χ3n) is 4.63. The van der Waals surface area contributed by atoms with E-state index in [1.54, 1.807) is 42.5 Å². The van der Waals surface area contributed by atoms with Crippen LogP contribution in [0.15, 0.2) is 35.9 Å². The van der Waals surface area contributed by atoms with Crippen molar-refractivity contribution in [1.29, 1.82) is 0 Å². The molecule has 8 nitrogen and oxygen atoms in total. The molecule has 0 amide bonds. The van der Waals surface area contributed by atoms with Crippen molar-refractivity contribution >= 4 is 50.0 Å². The van der Waals surface area contributed by atoms with E-state index < -0.39 is 39.6 Å². The highest BCUT2D eigenvalue weighted by Crippen LogP contribution is 2.49. The average molecular weight is 492 g/mol. The monoisotopic (exact) mass is 491 g/mol. The van der Waals surface area contributed by atoms with Gasteiger partial charge in [0.15, 0.2) is 15.0 Å². The first-order valence-corrected chi connectivity index (χ1v) is 11.8. The molecule has 2 aromatic rings. The lowest BCUT2D eigenvalue weighted by Gasteiger charge is -2.23. The number of nitrogens with zero attached hydrogens (tertiary/aromatic N) is 5. The number of hydrogen-bond acceptors (Lipinski definition) is 7. The first-order valence-electron chi connectivity index (χ1n) is 9.23. The second-order valence-corrected chi connectivity index (χ2v) is 9.80. The molecule has 31 heavy (non-hydrogen) atoms. The van der Waals surface area contributed by atoms with E-state index >= 15 is 0 Å². The van der Waals surface area contributed by atoms with Crippen LogP contribution in [0.25, 0.3) is 5.69 Å². The van der Waals surface area contributed by atoms with Crippen LogP contribution in [0.2, 0.25) is 5.15 Å². The second kappa shape index (κ2) is 9.13.